The summed E-state index contributed by atoms with van der Waals surface area (Å²) in [6.07, 6.45) is 0.720. The van der Waals surface area contributed by atoms with Crippen molar-refractivity contribution >= 4 is 21.6 Å². The molecule has 0 saturated heterocycles. The Hall–Kier alpha value is -2.18. The molecule has 0 aliphatic heterocycles. The van der Waals surface area contributed by atoms with Crippen LogP contribution in [0.2, 0.25) is 0 Å². The predicted molar refractivity (Wildman–Crippen MR) is 100 cm³/mol. The Balaban J connectivity index is 2.24. The Morgan fingerprint density at radius 1 is 1.08 bits per heavy atom. The average Bonchev–Trinajstić information content (AvgIpc) is 2.61. The number of hydrogen-bond acceptors (Lipinski definition) is 3. The van der Waals surface area contributed by atoms with Gasteiger partial charge in [0, 0.05) is 24.3 Å². The minimum absolute atomic E-state index is 0.154. The third-order valence-corrected chi connectivity index (χ3v) is 5.31. The number of nitrogens with one attached hydrogen (secondary N) is 1. The van der Waals surface area contributed by atoms with Crippen molar-refractivity contribution < 1.29 is 13.2 Å². The first-order valence-electron chi connectivity index (χ1n) is 8.37. The van der Waals surface area contributed by atoms with E-state index < -0.39 is 10.0 Å². The molecule has 2 aromatic rings. The van der Waals surface area contributed by atoms with Crippen LogP contribution in [0, 0.1) is 6.92 Å². The van der Waals surface area contributed by atoms with Crippen LogP contribution in [0.1, 0.15) is 36.2 Å². The van der Waals surface area contributed by atoms with Crippen molar-refractivity contribution in [3.05, 3.63) is 59.7 Å². The lowest BCUT2D eigenvalue weighted by atomic mass is 10.1. The summed E-state index contributed by atoms with van der Waals surface area (Å²) in [7, 11) is -3.52. The van der Waals surface area contributed by atoms with E-state index in [-0.39, 0.29) is 10.8 Å². The van der Waals surface area contributed by atoms with E-state index in [0.29, 0.717) is 18.7 Å². The summed E-state index contributed by atoms with van der Waals surface area (Å²) in [6.45, 7) is 6.70. The molecule has 0 radical (unpaired) electrons. The standard InChI is InChI=1S/C19H24N2O3S/c1-4-13-20-25(23,24)18-11-9-16(10-12-18)19(22)21(5-2)17-8-6-7-15(3)14-17/h6-12,14,20H,4-5,13H2,1-3H3. The van der Waals surface area contributed by atoms with Gasteiger partial charge in [-0.15, -0.1) is 0 Å². The maximum atomic E-state index is 12.8. The minimum atomic E-state index is -3.52. The lowest BCUT2D eigenvalue weighted by molar-refractivity contribution is 0.0988. The van der Waals surface area contributed by atoms with Crippen molar-refractivity contribution in [2.75, 3.05) is 18.0 Å². The Labute approximate surface area is 149 Å². The maximum Gasteiger partial charge on any atom is 0.258 e. The van der Waals surface area contributed by atoms with Crippen molar-refractivity contribution in [3.63, 3.8) is 0 Å². The van der Waals surface area contributed by atoms with Crippen molar-refractivity contribution in [1.82, 2.24) is 4.72 Å². The number of carbonyl (C=O) groups excluding carboxylic acids is 1. The summed E-state index contributed by atoms with van der Waals surface area (Å²) in [4.78, 5) is 14.6. The van der Waals surface area contributed by atoms with Gasteiger partial charge in [0.2, 0.25) is 10.0 Å². The highest BCUT2D eigenvalue weighted by Crippen LogP contribution is 2.19. The molecule has 2 aromatic carbocycles. The molecule has 2 rings (SSSR count). The van der Waals surface area contributed by atoms with Gasteiger partial charge in [-0.05, 0) is 62.2 Å². The predicted octanol–water partition coefficient (Wildman–Crippen LogP) is 3.35. The summed E-state index contributed by atoms with van der Waals surface area (Å²) < 4.78 is 26.7. The lowest BCUT2D eigenvalue weighted by Crippen LogP contribution is -2.30. The molecular weight excluding hydrogens is 336 g/mol. The Kier molecular flexibility index (Phi) is 6.33. The molecule has 0 aliphatic carbocycles. The summed E-state index contributed by atoms with van der Waals surface area (Å²) in [6, 6.07) is 13.8. The number of anilines is 1. The summed E-state index contributed by atoms with van der Waals surface area (Å²) >= 11 is 0. The molecular formula is C19H24N2O3S. The first kappa shape index (κ1) is 19.1. The molecule has 5 nitrogen and oxygen atoms in total. The van der Waals surface area contributed by atoms with E-state index in [9.17, 15) is 13.2 Å². The fourth-order valence-corrected chi connectivity index (χ4v) is 3.63. The van der Waals surface area contributed by atoms with E-state index in [1.54, 1.807) is 17.0 Å². The van der Waals surface area contributed by atoms with Crippen LogP contribution in [0.15, 0.2) is 53.4 Å². The molecule has 1 N–H and O–H groups in total. The Bertz CT molecular complexity index is 830. The molecule has 0 atom stereocenters. The zero-order valence-corrected chi connectivity index (χ0v) is 15.6. The van der Waals surface area contributed by atoms with Crippen LogP contribution in [-0.4, -0.2) is 27.4 Å². The first-order valence-corrected chi connectivity index (χ1v) is 9.85. The zero-order valence-electron chi connectivity index (χ0n) is 14.8. The van der Waals surface area contributed by atoms with Gasteiger partial charge < -0.3 is 4.90 Å². The van der Waals surface area contributed by atoms with Crippen molar-refractivity contribution in [3.8, 4) is 0 Å². The molecule has 6 heteroatoms. The smallest absolute Gasteiger partial charge is 0.258 e. The van der Waals surface area contributed by atoms with Crippen LogP contribution >= 0.6 is 0 Å². The van der Waals surface area contributed by atoms with E-state index in [0.717, 1.165) is 17.7 Å². The van der Waals surface area contributed by atoms with E-state index in [1.165, 1.54) is 12.1 Å². The zero-order chi connectivity index (χ0) is 18.4. The maximum absolute atomic E-state index is 12.8. The van der Waals surface area contributed by atoms with Crippen LogP contribution in [0.5, 0.6) is 0 Å². The van der Waals surface area contributed by atoms with Crippen LogP contribution in [0.4, 0.5) is 5.69 Å². The van der Waals surface area contributed by atoms with Crippen LogP contribution in [0.3, 0.4) is 0 Å². The van der Waals surface area contributed by atoms with Gasteiger partial charge in [0.15, 0.2) is 0 Å². The third-order valence-electron chi connectivity index (χ3n) is 3.83. The molecule has 0 fully saturated rings. The molecule has 0 heterocycles. The molecule has 0 saturated carbocycles. The number of amides is 1. The highest BCUT2D eigenvalue weighted by molar-refractivity contribution is 7.89. The highest BCUT2D eigenvalue weighted by Gasteiger charge is 2.18. The van der Waals surface area contributed by atoms with E-state index in [4.69, 9.17) is 0 Å². The van der Waals surface area contributed by atoms with Crippen molar-refractivity contribution in [2.45, 2.75) is 32.1 Å². The van der Waals surface area contributed by atoms with Gasteiger partial charge in [-0.25, -0.2) is 13.1 Å². The van der Waals surface area contributed by atoms with E-state index >= 15 is 0 Å². The fraction of sp³-hybridized carbons (Fsp3) is 0.316. The Morgan fingerprint density at radius 2 is 1.76 bits per heavy atom. The molecule has 0 aromatic heterocycles. The molecule has 0 aliphatic rings. The normalized spacial score (nSPS) is 11.3. The number of rotatable bonds is 7. The van der Waals surface area contributed by atoms with Gasteiger partial charge in [-0.3, -0.25) is 4.79 Å². The molecule has 1 amide bonds. The van der Waals surface area contributed by atoms with Crippen LogP contribution in [-0.2, 0) is 10.0 Å². The quantitative estimate of drug-likeness (QED) is 0.823. The lowest BCUT2D eigenvalue weighted by Gasteiger charge is -2.21. The summed E-state index contributed by atoms with van der Waals surface area (Å²) in [5.74, 6) is -0.154. The van der Waals surface area contributed by atoms with Crippen LogP contribution in [0.25, 0.3) is 0 Å². The van der Waals surface area contributed by atoms with Gasteiger partial charge in [0.25, 0.3) is 5.91 Å². The fourth-order valence-electron chi connectivity index (χ4n) is 2.49. The second-order valence-electron chi connectivity index (χ2n) is 5.81. The second-order valence-corrected chi connectivity index (χ2v) is 7.58. The number of nitrogens with zero attached hydrogens (tertiary/aromatic N) is 1. The topological polar surface area (TPSA) is 66.5 Å². The molecule has 134 valence electrons. The Morgan fingerprint density at radius 3 is 2.32 bits per heavy atom. The molecule has 0 unspecified atom stereocenters. The minimum Gasteiger partial charge on any atom is -0.309 e. The van der Waals surface area contributed by atoms with Crippen molar-refractivity contribution in [2.24, 2.45) is 0 Å². The number of hydrogen-bond donors (Lipinski definition) is 1. The number of benzene rings is 2. The monoisotopic (exact) mass is 360 g/mol. The summed E-state index contributed by atoms with van der Waals surface area (Å²) in [5, 5.41) is 0. The van der Waals surface area contributed by atoms with E-state index in [1.807, 2.05) is 45.0 Å². The summed E-state index contributed by atoms with van der Waals surface area (Å²) in [5.41, 5.74) is 2.36. The first-order chi connectivity index (χ1) is 11.9. The third kappa shape index (κ3) is 4.67. The molecule has 0 bridgehead atoms. The highest BCUT2D eigenvalue weighted by atomic mass is 32.2. The second kappa shape index (κ2) is 8.27. The molecule has 25 heavy (non-hydrogen) atoms. The molecule has 0 spiro atoms. The van der Waals surface area contributed by atoms with Gasteiger partial charge >= 0.3 is 0 Å². The van der Waals surface area contributed by atoms with Gasteiger partial charge in [0.1, 0.15) is 0 Å². The number of sulfonamides is 1. The number of aryl methyl sites for hydroxylation is 1. The van der Waals surface area contributed by atoms with Gasteiger partial charge in [-0.1, -0.05) is 19.1 Å². The van der Waals surface area contributed by atoms with Crippen LogP contribution < -0.4 is 9.62 Å². The number of carbonyl (C=O) groups is 1. The van der Waals surface area contributed by atoms with Crippen molar-refractivity contribution in [1.29, 1.82) is 0 Å². The SMILES string of the molecule is CCCNS(=O)(=O)c1ccc(C(=O)N(CC)c2cccc(C)c2)cc1. The average molecular weight is 360 g/mol. The largest absolute Gasteiger partial charge is 0.309 e. The van der Waals surface area contributed by atoms with Gasteiger partial charge in [-0.2, -0.15) is 0 Å². The van der Waals surface area contributed by atoms with Gasteiger partial charge in [0.05, 0.1) is 4.90 Å². The van der Waals surface area contributed by atoms with E-state index in [2.05, 4.69) is 4.72 Å².